The molecule has 0 bridgehead atoms. The highest BCUT2D eigenvalue weighted by Gasteiger charge is 2.16. The molecule has 0 atom stereocenters. The van der Waals surface area contributed by atoms with Crippen LogP contribution in [-0.2, 0) is 13.1 Å². The maximum atomic E-state index is 13.5. The van der Waals surface area contributed by atoms with Gasteiger partial charge in [0.15, 0.2) is 11.6 Å². The predicted molar refractivity (Wildman–Crippen MR) is 100 cm³/mol. The molecule has 2 aromatic rings. The molecule has 0 aliphatic heterocycles. The van der Waals surface area contributed by atoms with Crippen molar-refractivity contribution in [3.05, 3.63) is 53.6 Å². The average molecular weight is 379 g/mol. The van der Waals surface area contributed by atoms with Gasteiger partial charge in [-0.25, -0.2) is 18.6 Å². The predicted octanol–water partition coefficient (Wildman–Crippen LogP) is 2.69. The number of amides is 2. The van der Waals surface area contributed by atoms with Crippen LogP contribution in [0.25, 0.3) is 0 Å². The van der Waals surface area contributed by atoms with Crippen LogP contribution in [0.1, 0.15) is 24.7 Å². The van der Waals surface area contributed by atoms with Gasteiger partial charge < -0.3 is 19.7 Å². The lowest BCUT2D eigenvalue weighted by Crippen LogP contribution is -2.43. The summed E-state index contributed by atoms with van der Waals surface area (Å²) in [6.45, 7) is 4.58. The van der Waals surface area contributed by atoms with E-state index in [9.17, 15) is 13.6 Å². The molecule has 2 amide bonds. The minimum Gasteiger partial charge on any atom is -0.338 e. The summed E-state index contributed by atoms with van der Waals surface area (Å²) < 4.78 is 28.4. The zero-order valence-corrected chi connectivity index (χ0v) is 16.1. The molecule has 0 saturated carbocycles. The molecule has 1 aromatic carbocycles. The molecule has 1 aromatic heterocycles. The van der Waals surface area contributed by atoms with Crippen LogP contribution in [-0.4, -0.2) is 59.1 Å². The van der Waals surface area contributed by atoms with Crippen molar-refractivity contribution >= 4 is 6.03 Å². The summed E-state index contributed by atoms with van der Waals surface area (Å²) in [6, 6.07) is 3.70. The zero-order chi connectivity index (χ0) is 19.8. The largest absolute Gasteiger partial charge is 0.338 e. The van der Waals surface area contributed by atoms with E-state index >= 15 is 0 Å². The van der Waals surface area contributed by atoms with E-state index in [-0.39, 0.29) is 6.03 Å². The van der Waals surface area contributed by atoms with Crippen molar-refractivity contribution in [1.29, 1.82) is 0 Å². The van der Waals surface area contributed by atoms with Crippen molar-refractivity contribution in [1.82, 2.24) is 24.7 Å². The van der Waals surface area contributed by atoms with E-state index in [1.807, 2.05) is 30.5 Å². The fourth-order valence-corrected chi connectivity index (χ4v) is 2.56. The number of nitrogens with zero attached hydrogens (tertiary/aromatic N) is 4. The van der Waals surface area contributed by atoms with Crippen molar-refractivity contribution in [2.24, 2.45) is 0 Å². The first-order valence-electron chi connectivity index (χ1n) is 9.02. The number of aromatic nitrogens is 2. The molecule has 27 heavy (non-hydrogen) atoms. The number of rotatable bonds is 9. The average Bonchev–Trinajstić information content (AvgIpc) is 3.06. The number of hydrogen-bond donors (Lipinski definition) is 1. The quantitative estimate of drug-likeness (QED) is 0.729. The number of urea groups is 1. The fraction of sp³-hybridized carbons (Fsp3) is 0.474. The normalized spacial score (nSPS) is 11.0. The number of carbonyl (C=O) groups is 1. The standard InChI is InChI=1S/C19H27F2N5O/c1-4-7-23-19(27)26(11-10-24(2)3)14-18-22-8-9-25(18)13-15-5-6-16(20)17(21)12-15/h5-6,8-9,12H,4,7,10-11,13-14H2,1-3H3,(H,23,27). The summed E-state index contributed by atoms with van der Waals surface area (Å²) in [5.74, 6) is -1.06. The van der Waals surface area contributed by atoms with E-state index in [0.717, 1.165) is 19.0 Å². The van der Waals surface area contributed by atoms with Gasteiger partial charge in [-0.3, -0.25) is 0 Å². The van der Waals surface area contributed by atoms with Crippen molar-refractivity contribution in [2.75, 3.05) is 33.7 Å². The van der Waals surface area contributed by atoms with E-state index in [0.29, 0.717) is 37.6 Å². The van der Waals surface area contributed by atoms with Crippen LogP contribution in [0, 0.1) is 11.6 Å². The Labute approximate surface area is 158 Å². The molecular formula is C19H27F2N5O. The first-order valence-corrected chi connectivity index (χ1v) is 9.02. The zero-order valence-electron chi connectivity index (χ0n) is 16.1. The third-order valence-electron chi connectivity index (χ3n) is 4.10. The number of imidazole rings is 1. The van der Waals surface area contributed by atoms with Gasteiger partial charge in [-0.05, 0) is 38.2 Å². The van der Waals surface area contributed by atoms with Crippen molar-refractivity contribution < 1.29 is 13.6 Å². The highest BCUT2D eigenvalue weighted by Crippen LogP contribution is 2.12. The number of hydrogen-bond acceptors (Lipinski definition) is 3. The Hall–Kier alpha value is -2.48. The third-order valence-corrected chi connectivity index (χ3v) is 4.10. The summed E-state index contributed by atoms with van der Waals surface area (Å²) in [5.41, 5.74) is 0.628. The molecule has 0 saturated heterocycles. The molecule has 0 aliphatic carbocycles. The summed E-state index contributed by atoms with van der Waals surface area (Å²) in [6.07, 6.45) is 4.27. The van der Waals surface area contributed by atoms with Crippen LogP contribution in [0.15, 0.2) is 30.6 Å². The molecule has 148 valence electrons. The van der Waals surface area contributed by atoms with E-state index in [1.165, 1.54) is 6.07 Å². The summed E-state index contributed by atoms with van der Waals surface area (Å²) >= 11 is 0. The second-order valence-electron chi connectivity index (χ2n) is 6.68. The van der Waals surface area contributed by atoms with Gasteiger partial charge in [0.05, 0.1) is 6.54 Å². The number of halogens is 2. The van der Waals surface area contributed by atoms with Gasteiger partial charge in [-0.1, -0.05) is 13.0 Å². The summed E-state index contributed by atoms with van der Waals surface area (Å²) in [4.78, 5) is 20.5. The van der Waals surface area contributed by atoms with E-state index in [4.69, 9.17) is 0 Å². The number of likely N-dealkylation sites (N-methyl/N-ethyl adjacent to an activating group) is 1. The Morgan fingerprint density at radius 2 is 2.00 bits per heavy atom. The Balaban J connectivity index is 2.11. The Bertz CT molecular complexity index is 747. The van der Waals surface area contributed by atoms with Crippen LogP contribution in [0.5, 0.6) is 0 Å². The second-order valence-corrected chi connectivity index (χ2v) is 6.68. The lowest BCUT2D eigenvalue weighted by molar-refractivity contribution is 0.186. The molecule has 0 spiro atoms. The molecule has 0 aliphatic rings. The van der Waals surface area contributed by atoms with Gasteiger partial charge in [0.25, 0.3) is 0 Å². The Morgan fingerprint density at radius 3 is 2.67 bits per heavy atom. The molecule has 6 nitrogen and oxygen atoms in total. The molecule has 1 heterocycles. The third kappa shape index (κ3) is 6.32. The molecule has 2 rings (SSSR count). The second kappa shape index (κ2) is 10.0. The van der Waals surface area contributed by atoms with Crippen LogP contribution in [0.2, 0.25) is 0 Å². The lowest BCUT2D eigenvalue weighted by atomic mass is 10.2. The van der Waals surface area contributed by atoms with Gasteiger partial charge in [-0.15, -0.1) is 0 Å². The van der Waals surface area contributed by atoms with E-state index in [2.05, 4.69) is 10.3 Å². The maximum Gasteiger partial charge on any atom is 0.317 e. The Kier molecular flexibility index (Phi) is 7.72. The van der Waals surface area contributed by atoms with Crippen molar-refractivity contribution in [3.63, 3.8) is 0 Å². The molecule has 0 radical (unpaired) electrons. The van der Waals surface area contributed by atoms with Gasteiger partial charge >= 0.3 is 6.03 Å². The SMILES string of the molecule is CCCNC(=O)N(CCN(C)C)Cc1nccn1Cc1ccc(F)c(F)c1. The highest BCUT2D eigenvalue weighted by atomic mass is 19.2. The minimum absolute atomic E-state index is 0.138. The van der Waals surface area contributed by atoms with Gasteiger partial charge in [0.2, 0.25) is 0 Å². The van der Waals surface area contributed by atoms with Crippen molar-refractivity contribution in [2.45, 2.75) is 26.4 Å². The van der Waals surface area contributed by atoms with E-state index < -0.39 is 11.6 Å². The monoisotopic (exact) mass is 379 g/mol. The molecule has 0 fully saturated rings. The first kappa shape index (κ1) is 20.8. The van der Waals surface area contributed by atoms with Gasteiger partial charge in [-0.2, -0.15) is 0 Å². The smallest absolute Gasteiger partial charge is 0.317 e. The molecule has 1 N–H and O–H groups in total. The number of benzene rings is 1. The number of carbonyl (C=O) groups excluding carboxylic acids is 1. The minimum atomic E-state index is -0.874. The van der Waals surface area contributed by atoms with Crippen LogP contribution < -0.4 is 5.32 Å². The van der Waals surface area contributed by atoms with Crippen LogP contribution >= 0.6 is 0 Å². The van der Waals surface area contributed by atoms with Crippen LogP contribution in [0.3, 0.4) is 0 Å². The Morgan fingerprint density at radius 1 is 1.22 bits per heavy atom. The topological polar surface area (TPSA) is 53.4 Å². The van der Waals surface area contributed by atoms with Crippen LogP contribution in [0.4, 0.5) is 13.6 Å². The van der Waals surface area contributed by atoms with Gasteiger partial charge in [0, 0.05) is 38.6 Å². The summed E-state index contributed by atoms with van der Waals surface area (Å²) in [7, 11) is 3.90. The molecule has 0 unspecified atom stereocenters. The van der Waals surface area contributed by atoms with Gasteiger partial charge in [0.1, 0.15) is 5.82 Å². The molecular weight excluding hydrogens is 352 g/mol. The fourth-order valence-electron chi connectivity index (χ4n) is 2.56. The maximum absolute atomic E-state index is 13.5. The summed E-state index contributed by atoms with van der Waals surface area (Å²) in [5, 5.41) is 2.89. The highest BCUT2D eigenvalue weighted by molar-refractivity contribution is 5.74. The number of nitrogens with one attached hydrogen (secondary N) is 1. The lowest BCUT2D eigenvalue weighted by Gasteiger charge is -2.24. The molecule has 8 heteroatoms. The first-order chi connectivity index (χ1) is 12.9. The van der Waals surface area contributed by atoms with Crippen molar-refractivity contribution in [3.8, 4) is 0 Å². The van der Waals surface area contributed by atoms with E-state index in [1.54, 1.807) is 23.4 Å².